The van der Waals surface area contributed by atoms with E-state index in [0.717, 1.165) is 58.7 Å². The van der Waals surface area contributed by atoms with Crippen LogP contribution in [-0.2, 0) is 6.42 Å². The van der Waals surface area contributed by atoms with Crippen LogP contribution in [0.3, 0.4) is 0 Å². The Kier molecular flexibility index (Phi) is 6.20. The topological polar surface area (TPSA) is 110 Å². The predicted molar refractivity (Wildman–Crippen MR) is 136 cm³/mol. The number of likely N-dealkylation sites (N-methyl/N-ethyl adjacent to an activating group) is 1. The Labute approximate surface area is 203 Å². The number of furan rings is 1. The molecule has 0 unspecified atom stereocenters. The highest BCUT2D eigenvalue weighted by molar-refractivity contribution is 6.04. The zero-order chi connectivity index (χ0) is 24.4. The molecular formula is C27H27N5O3. The molecule has 35 heavy (non-hydrogen) atoms. The summed E-state index contributed by atoms with van der Waals surface area (Å²) in [5.74, 6) is 2.33. The van der Waals surface area contributed by atoms with E-state index in [2.05, 4.69) is 26.1 Å². The Morgan fingerprint density at radius 3 is 2.57 bits per heavy atom. The Balaban J connectivity index is 1.52. The van der Waals surface area contributed by atoms with Gasteiger partial charge in [-0.15, -0.1) is 0 Å². The van der Waals surface area contributed by atoms with Crippen LogP contribution in [0, 0.1) is 0 Å². The van der Waals surface area contributed by atoms with Crippen LogP contribution in [0.4, 0.5) is 5.95 Å². The van der Waals surface area contributed by atoms with Gasteiger partial charge in [0.1, 0.15) is 23.8 Å². The Morgan fingerprint density at radius 1 is 1.03 bits per heavy atom. The number of ether oxygens (including phenoxy) is 1. The van der Waals surface area contributed by atoms with Crippen molar-refractivity contribution in [1.29, 1.82) is 0 Å². The van der Waals surface area contributed by atoms with Gasteiger partial charge in [0.25, 0.3) is 0 Å². The maximum absolute atomic E-state index is 9.27. The molecule has 2 aromatic heterocycles. The highest BCUT2D eigenvalue weighted by atomic mass is 16.5. The number of nitrogen functional groups attached to an aromatic ring is 1. The summed E-state index contributed by atoms with van der Waals surface area (Å²) in [7, 11) is 4.04. The molecule has 1 aliphatic rings. The first kappa shape index (κ1) is 22.6. The largest absolute Gasteiger partial charge is 0.492 e. The molecule has 0 bridgehead atoms. The molecule has 8 heteroatoms. The summed E-state index contributed by atoms with van der Waals surface area (Å²) >= 11 is 0. The van der Waals surface area contributed by atoms with Gasteiger partial charge in [0.15, 0.2) is 5.76 Å². The minimum atomic E-state index is 0.184. The van der Waals surface area contributed by atoms with Crippen molar-refractivity contribution in [2.24, 2.45) is 5.16 Å². The summed E-state index contributed by atoms with van der Waals surface area (Å²) in [6.45, 7) is 1.47. The molecule has 178 valence electrons. The minimum Gasteiger partial charge on any atom is -0.492 e. The number of nitrogens with two attached hydrogens (primary N) is 1. The maximum Gasteiger partial charge on any atom is 0.220 e. The van der Waals surface area contributed by atoms with Crippen LogP contribution >= 0.6 is 0 Å². The molecule has 3 N–H and O–H groups in total. The standard InChI is InChI=1S/C27H27N5O3/c1-32(2)13-14-34-20-7-3-17(4-8-20)25-16-22(26(35-25)24-11-12-29-27(28)30-24)19-5-9-21-18(15-19)6-10-23(21)31-33/h3-5,7-9,11-12,15-16,33H,6,10,13-14H2,1-2H3,(H2,28,29,30)/b31-23+. The van der Waals surface area contributed by atoms with Gasteiger partial charge in [-0.3, -0.25) is 0 Å². The number of nitrogens with zero attached hydrogens (tertiary/aromatic N) is 4. The molecule has 4 aromatic rings. The lowest BCUT2D eigenvalue weighted by Crippen LogP contribution is -2.19. The SMILES string of the molecule is CN(C)CCOc1ccc(-c2cc(-c3ccc4c(c3)CC/C4=N\O)c(-c3ccnc(N)n3)o2)cc1. The number of aryl methyl sites for hydroxylation is 1. The highest BCUT2D eigenvalue weighted by Crippen LogP contribution is 2.40. The third kappa shape index (κ3) is 4.74. The average Bonchev–Trinajstić information content (AvgIpc) is 3.48. The average molecular weight is 470 g/mol. The quantitative estimate of drug-likeness (QED) is 0.298. The second-order valence-corrected chi connectivity index (χ2v) is 8.75. The van der Waals surface area contributed by atoms with E-state index in [4.69, 9.17) is 14.9 Å². The Hall–Kier alpha value is -4.17. The van der Waals surface area contributed by atoms with Crippen molar-refractivity contribution in [3.05, 3.63) is 71.9 Å². The maximum atomic E-state index is 9.27. The summed E-state index contributed by atoms with van der Waals surface area (Å²) in [5.41, 5.74) is 12.1. The predicted octanol–water partition coefficient (Wildman–Crippen LogP) is 4.72. The molecular weight excluding hydrogens is 442 g/mol. The Bertz CT molecular complexity index is 1380. The second-order valence-electron chi connectivity index (χ2n) is 8.75. The minimum absolute atomic E-state index is 0.184. The Morgan fingerprint density at radius 2 is 1.83 bits per heavy atom. The first-order valence-electron chi connectivity index (χ1n) is 11.5. The van der Waals surface area contributed by atoms with Crippen molar-refractivity contribution < 1.29 is 14.4 Å². The summed E-state index contributed by atoms with van der Waals surface area (Å²) in [4.78, 5) is 10.5. The fraction of sp³-hybridized carbons (Fsp3) is 0.222. The van der Waals surface area contributed by atoms with Crippen molar-refractivity contribution in [3.63, 3.8) is 0 Å². The molecule has 0 fully saturated rings. The van der Waals surface area contributed by atoms with Gasteiger partial charge in [0, 0.05) is 29.4 Å². The summed E-state index contributed by atoms with van der Waals surface area (Å²) in [6.07, 6.45) is 3.18. The third-order valence-corrected chi connectivity index (χ3v) is 6.06. The lowest BCUT2D eigenvalue weighted by Gasteiger charge is -2.11. The molecule has 5 rings (SSSR count). The van der Waals surface area contributed by atoms with Gasteiger partial charge in [0.2, 0.25) is 5.95 Å². The number of oxime groups is 1. The molecule has 2 aromatic carbocycles. The molecule has 0 aliphatic heterocycles. The molecule has 2 heterocycles. The van der Waals surface area contributed by atoms with E-state index >= 15 is 0 Å². The van der Waals surface area contributed by atoms with E-state index in [-0.39, 0.29) is 5.95 Å². The van der Waals surface area contributed by atoms with Crippen LogP contribution in [0.1, 0.15) is 17.5 Å². The molecule has 0 spiro atoms. The molecule has 0 atom stereocenters. The van der Waals surface area contributed by atoms with E-state index in [0.29, 0.717) is 23.8 Å². The number of hydrogen-bond acceptors (Lipinski definition) is 8. The molecule has 0 radical (unpaired) electrons. The van der Waals surface area contributed by atoms with Gasteiger partial charge in [0.05, 0.1) is 5.71 Å². The third-order valence-electron chi connectivity index (χ3n) is 6.06. The van der Waals surface area contributed by atoms with Crippen molar-refractivity contribution >= 4 is 11.7 Å². The summed E-state index contributed by atoms with van der Waals surface area (Å²) in [6, 6.07) is 17.8. The van der Waals surface area contributed by atoms with Crippen LogP contribution in [0.15, 0.2) is 70.4 Å². The fourth-order valence-corrected chi connectivity index (χ4v) is 4.24. The zero-order valence-electron chi connectivity index (χ0n) is 19.7. The first-order valence-corrected chi connectivity index (χ1v) is 11.5. The fourth-order valence-electron chi connectivity index (χ4n) is 4.24. The second kappa shape index (κ2) is 9.60. The number of anilines is 1. The van der Waals surface area contributed by atoms with Crippen molar-refractivity contribution in [2.75, 3.05) is 33.0 Å². The van der Waals surface area contributed by atoms with E-state index in [1.165, 1.54) is 0 Å². The number of benzene rings is 2. The van der Waals surface area contributed by atoms with Crippen LogP contribution in [-0.4, -0.2) is 53.0 Å². The van der Waals surface area contributed by atoms with Crippen molar-refractivity contribution in [1.82, 2.24) is 14.9 Å². The van der Waals surface area contributed by atoms with E-state index in [1.54, 1.807) is 12.3 Å². The highest BCUT2D eigenvalue weighted by Gasteiger charge is 2.22. The normalized spacial score (nSPS) is 14.0. The van der Waals surface area contributed by atoms with Crippen molar-refractivity contribution in [3.8, 4) is 39.7 Å². The van der Waals surface area contributed by atoms with Crippen LogP contribution in [0.25, 0.3) is 33.9 Å². The van der Waals surface area contributed by atoms with Gasteiger partial charge >= 0.3 is 0 Å². The first-order chi connectivity index (χ1) is 17.0. The molecule has 0 saturated heterocycles. The summed E-state index contributed by atoms with van der Waals surface area (Å²) in [5, 5.41) is 12.7. The molecule has 0 amide bonds. The van der Waals surface area contributed by atoms with E-state index in [9.17, 15) is 5.21 Å². The van der Waals surface area contributed by atoms with Crippen LogP contribution < -0.4 is 10.5 Å². The zero-order valence-corrected chi connectivity index (χ0v) is 19.7. The molecule has 8 nitrogen and oxygen atoms in total. The number of fused-ring (bicyclic) bond motifs is 1. The van der Waals surface area contributed by atoms with E-state index < -0.39 is 0 Å². The number of aromatic nitrogens is 2. The van der Waals surface area contributed by atoms with Gasteiger partial charge in [-0.05, 0) is 74.5 Å². The monoisotopic (exact) mass is 469 g/mol. The van der Waals surface area contributed by atoms with Gasteiger partial charge < -0.3 is 25.0 Å². The van der Waals surface area contributed by atoms with Gasteiger partial charge in [-0.1, -0.05) is 23.4 Å². The molecule has 0 saturated carbocycles. The summed E-state index contributed by atoms with van der Waals surface area (Å²) < 4.78 is 12.2. The lowest BCUT2D eigenvalue weighted by atomic mass is 9.99. The van der Waals surface area contributed by atoms with Gasteiger partial charge in [-0.25, -0.2) is 9.97 Å². The van der Waals surface area contributed by atoms with Crippen LogP contribution in [0.2, 0.25) is 0 Å². The smallest absolute Gasteiger partial charge is 0.220 e. The van der Waals surface area contributed by atoms with Crippen LogP contribution in [0.5, 0.6) is 5.75 Å². The molecule has 1 aliphatic carbocycles. The lowest BCUT2D eigenvalue weighted by molar-refractivity contribution is 0.261. The number of rotatable bonds is 7. The van der Waals surface area contributed by atoms with Gasteiger partial charge in [-0.2, -0.15) is 0 Å². The van der Waals surface area contributed by atoms with E-state index in [1.807, 2.05) is 56.6 Å². The van der Waals surface area contributed by atoms with Crippen molar-refractivity contribution in [2.45, 2.75) is 12.8 Å². The number of hydrogen-bond donors (Lipinski definition) is 2.